The molecule has 1 aromatic rings. The van der Waals surface area contributed by atoms with Crippen LogP contribution in [0.2, 0.25) is 0 Å². The third-order valence-electron chi connectivity index (χ3n) is 2.48. The Balaban J connectivity index is 2.74. The lowest BCUT2D eigenvalue weighted by Gasteiger charge is -2.11. The Labute approximate surface area is 107 Å². The first-order chi connectivity index (χ1) is 7.54. The van der Waals surface area contributed by atoms with Gasteiger partial charge in [0.15, 0.2) is 0 Å². The topological polar surface area (TPSA) is 17.1 Å². The van der Waals surface area contributed by atoms with E-state index >= 15 is 0 Å². The third kappa shape index (κ3) is 3.80. The fraction of sp³-hybridized carbons (Fsp3) is 0.462. The lowest BCUT2D eigenvalue weighted by atomic mass is 10.0. The van der Waals surface area contributed by atoms with Crippen LogP contribution in [0.15, 0.2) is 24.3 Å². The Hall–Kier alpha value is -0.530. The highest BCUT2D eigenvalue weighted by Crippen LogP contribution is 2.28. The SMILES string of the molecule is CCC(Cl)c1ccc(C(Cl)CC(C)=O)cc1. The van der Waals surface area contributed by atoms with Crippen molar-refractivity contribution in [3.05, 3.63) is 35.4 Å². The van der Waals surface area contributed by atoms with E-state index in [0.29, 0.717) is 6.42 Å². The van der Waals surface area contributed by atoms with Crippen LogP contribution in [0.5, 0.6) is 0 Å². The van der Waals surface area contributed by atoms with Crippen molar-refractivity contribution in [2.24, 2.45) is 0 Å². The van der Waals surface area contributed by atoms with Crippen LogP contribution in [-0.4, -0.2) is 5.78 Å². The van der Waals surface area contributed by atoms with Crippen molar-refractivity contribution in [3.63, 3.8) is 0 Å². The Morgan fingerprint density at radius 3 is 1.94 bits per heavy atom. The number of Topliss-reactive ketones (excluding diaryl/α,β-unsaturated/α-hetero) is 1. The highest BCUT2D eigenvalue weighted by Gasteiger charge is 2.11. The predicted molar refractivity (Wildman–Crippen MR) is 69.2 cm³/mol. The molecule has 0 radical (unpaired) electrons. The van der Waals surface area contributed by atoms with Crippen LogP contribution in [0.1, 0.15) is 48.6 Å². The fourth-order valence-electron chi connectivity index (χ4n) is 1.52. The maximum absolute atomic E-state index is 10.9. The molecule has 88 valence electrons. The first-order valence-corrected chi connectivity index (χ1v) is 6.29. The number of carbonyl (C=O) groups excluding carboxylic acids is 1. The normalized spacial score (nSPS) is 14.5. The summed E-state index contributed by atoms with van der Waals surface area (Å²) < 4.78 is 0. The molecule has 0 heterocycles. The molecule has 0 N–H and O–H groups in total. The molecular formula is C13H16Cl2O. The van der Waals surface area contributed by atoms with E-state index in [2.05, 4.69) is 0 Å². The molecule has 0 fully saturated rings. The average molecular weight is 259 g/mol. The van der Waals surface area contributed by atoms with Gasteiger partial charge in [-0.3, -0.25) is 4.79 Å². The van der Waals surface area contributed by atoms with Gasteiger partial charge in [-0.1, -0.05) is 31.2 Å². The maximum atomic E-state index is 10.9. The molecule has 0 aliphatic carbocycles. The molecule has 0 aliphatic rings. The smallest absolute Gasteiger partial charge is 0.131 e. The Morgan fingerprint density at radius 2 is 1.56 bits per heavy atom. The van der Waals surface area contributed by atoms with E-state index in [1.165, 1.54) is 0 Å². The van der Waals surface area contributed by atoms with Crippen molar-refractivity contribution in [2.45, 2.75) is 37.4 Å². The van der Waals surface area contributed by atoms with E-state index in [4.69, 9.17) is 23.2 Å². The number of halogens is 2. The number of hydrogen-bond donors (Lipinski definition) is 0. The number of alkyl halides is 2. The molecule has 3 heteroatoms. The largest absolute Gasteiger partial charge is 0.300 e. The van der Waals surface area contributed by atoms with Crippen LogP contribution < -0.4 is 0 Å². The summed E-state index contributed by atoms with van der Waals surface area (Å²) in [5, 5.41) is -0.183. The lowest BCUT2D eigenvalue weighted by molar-refractivity contribution is -0.117. The van der Waals surface area contributed by atoms with Crippen molar-refractivity contribution < 1.29 is 4.79 Å². The second-order valence-corrected chi connectivity index (χ2v) is 4.97. The summed E-state index contributed by atoms with van der Waals surface area (Å²) in [4.78, 5) is 10.9. The van der Waals surface area contributed by atoms with Gasteiger partial charge in [0.2, 0.25) is 0 Å². The van der Waals surface area contributed by atoms with Gasteiger partial charge in [-0.2, -0.15) is 0 Å². The van der Waals surface area contributed by atoms with Gasteiger partial charge in [0.05, 0.1) is 10.8 Å². The Morgan fingerprint density at radius 1 is 1.12 bits per heavy atom. The zero-order chi connectivity index (χ0) is 12.1. The monoisotopic (exact) mass is 258 g/mol. The van der Waals surface area contributed by atoms with E-state index in [9.17, 15) is 4.79 Å². The molecule has 1 rings (SSSR count). The fourth-order valence-corrected chi connectivity index (χ4v) is 2.03. The predicted octanol–water partition coefficient (Wildman–Crippen LogP) is 4.64. The second-order valence-electron chi connectivity index (χ2n) is 3.92. The van der Waals surface area contributed by atoms with E-state index < -0.39 is 0 Å². The summed E-state index contributed by atoms with van der Waals surface area (Å²) in [5.41, 5.74) is 2.07. The van der Waals surface area contributed by atoms with Crippen LogP contribution in [-0.2, 0) is 4.79 Å². The van der Waals surface area contributed by atoms with Crippen LogP contribution in [0, 0.1) is 0 Å². The number of rotatable bonds is 5. The Bertz CT molecular complexity index is 345. The van der Waals surface area contributed by atoms with Crippen molar-refractivity contribution in [1.29, 1.82) is 0 Å². The summed E-state index contributed by atoms with van der Waals surface area (Å²) in [6.45, 7) is 3.60. The average Bonchev–Trinajstić information content (AvgIpc) is 2.27. The quantitative estimate of drug-likeness (QED) is 0.704. The van der Waals surface area contributed by atoms with Crippen LogP contribution in [0.25, 0.3) is 0 Å². The molecule has 0 spiro atoms. The summed E-state index contributed by atoms with van der Waals surface area (Å²) in [6, 6.07) is 7.85. The highest BCUT2D eigenvalue weighted by molar-refractivity contribution is 6.22. The standard InChI is InChI=1S/C13H16Cl2O/c1-3-12(14)10-4-6-11(7-5-10)13(15)8-9(2)16/h4-7,12-13H,3,8H2,1-2H3. The molecule has 2 unspecified atom stereocenters. The minimum Gasteiger partial charge on any atom is -0.300 e. The zero-order valence-electron chi connectivity index (χ0n) is 9.54. The summed E-state index contributed by atoms with van der Waals surface area (Å²) in [6.07, 6.45) is 1.28. The second kappa shape index (κ2) is 6.27. The third-order valence-corrected chi connectivity index (χ3v) is 3.45. The van der Waals surface area contributed by atoms with Crippen LogP contribution >= 0.6 is 23.2 Å². The first-order valence-electron chi connectivity index (χ1n) is 5.42. The van der Waals surface area contributed by atoms with Crippen molar-refractivity contribution in [1.82, 2.24) is 0 Å². The van der Waals surface area contributed by atoms with Gasteiger partial charge in [-0.05, 0) is 24.5 Å². The minimum absolute atomic E-state index is 0.0515. The molecule has 0 amide bonds. The van der Waals surface area contributed by atoms with Crippen LogP contribution in [0.3, 0.4) is 0 Å². The first kappa shape index (κ1) is 13.5. The van der Waals surface area contributed by atoms with Crippen LogP contribution in [0.4, 0.5) is 0 Å². The van der Waals surface area contributed by atoms with Gasteiger partial charge < -0.3 is 0 Å². The molecule has 1 nitrogen and oxygen atoms in total. The Kier molecular flexibility index (Phi) is 5.30. The summed E-state index contributed by atoms with van der Waals surface area (Å²) >= 11 is 12.2. The van der Waals surface area contributed by atoms with Gasteiger partial charge in [-0.15, -0.1) is 23.2 Å². The molecule has 16 heavy (non-hydrogen) atoms. The van der Waals surface area contributed by atoms with Gasteiger partial charge in [0, 0.05) is 6.42 Å². The molecule has 0 saturated heterocycles. The zero-order valence-corrected chi connectivity index (χ0v) is 11.1. The number of carbonyl (C=O) groups is 1. The van der Waals surface area contributed by atoms with Crippen molar-refractivity contribution >= 4 is 29.0 Å². The molecule has 0 bridgehead atoms. The van der Waals surface area contributed by atoms with Crippen molar-refractivity contribution in [3.8, 4) is 0 Å². The van der Waals surface area contributed by atoms with E-state index in [1.807, 2.05) is 31.2 Å². The van der Waals surface area contributed by atoms with Gasteiger partial charge in [0.25, 0.3) is 0 Å². The molecule has 0 aliphatic heterocycles. The molecule has 2 atom stereocenters. The molecular weight excluding hydrogens is 243 g/mol. The highest BCUT2D eigenvalue weighted by atomic mass is 35.5. The molecule has 1 aromatic carbocycles. The molecule has 0 aromatic heterocycles. The minimum atomic E-state index is -0.234. The summed E-state index contributed by atoms with van der Waals surface area (Å²) in [5.74, 6) is 0.104. The lowest BCUT2D eigenvalue weighted by Crippen LogP contribution is -1.98. The number of hydrogen-bond acceptors (Lipinski definition) is 1. The number of ketones is 1. The van der Waals surface area contributed by atoms with Gasteiger partial charge in [-0.25, -0.2) is 0 Å². The maximum Gasteiger partial charge on any atom is 0.131 e. The van der Waals surface area contributed by atoms with E-state index in [-0.39, 0.29) is 16.5 Å². The van der Waals surface area contributed by atoms with E-state index in [0.717, 1.165) is 17.5 Å². The summed E-state index contributed by atoms with van der Waals surface area (Å²) in [7, 11) is 0. The van der Waals surface area contributed by atoms with Gasteiger partial charge in [0.1, 0.15) is 5.78 Å². The van der Waals surface area contributed by atoms with Gasteiger partial charge >= 0.3 is 0 Å². The molecule has 0 saturated carbocycles. The van der Waals surface area contributed by atoms with Crippen molar-refractivity contribution in [2.75, 3.05) is 0 Å². The number of benzene rings is 1. The van der Waals surface area contributed by atoms with E-state index in [1.54, 1.807) is 6.92 Å².